The van der Waals surface area contributed by atoms with Crippen molar-refractivity contribution in [2.45, 2.75) is 105 Å². The largest absolute Gasteiger partial charge is 0.452 e. The zero-order chi connectivity index (χ0) is 47.8. The average molecular weight is 872 g/mol. The number of nitrogens with zero attached hydrogens (tertiary/aromatic N) is 1. The van der Waals surface area contributed by atoms with E-state index in [1.54, 1.807) is 26.0 Å². The van der Waals surface area contributed by atoms with Gasteiger partial charge in [-0.1, -0.05) is 77.4 Å². The van der Waals surface area contributed by atoms with Gasteiger partial charge in [-0.25, -0.2) is 0 Å². The second-order valence-electron chi connectivity index (χ2n) is 13.5. The molecule has 62 heavy (non-hydrogen) atoms. The van der Waals surface area contributed by atoms with Crippen LogP contribution in [-0.2, 0) is 40.0 Å². The van der Waals surface area contributed by atoms with Gasteiger partial charge in [-0.3, -0.25) is 38.4 Å². The molecule has 0 aliphatic heterocycles. The summed E-state index contributed by atoms with van der Waals surface area (Å²) in [7, 11) is 1.65. The summed E-state index contributed by atoms with van der Waals surface area (Å²) in [6, 6.07) is 12.0. The SMILES string of the molecule is CC.CCCCc1ccc(-c2ccc(C(=O)NC(C)C(C)C(=O)N(CCC)CC(=O)NC(C(=O)NCC(=O)NC(CC(N)=O)C(=O)NC[B]O)C(C)O)cc2)cc1.CO.NC=O. The number of carbonyl (C=O) groups is 8. The molecule has 0 heterocycles. The molecule has 5 atom stereocenters. The van der Waals surface area contributed by atoms with Crippen LogP contribution in [0.5, 0.6) is 0 Å². The van der Waals surface area contributed by atoms with E-state index in [-0.39, 0.29) is 25.3 Å². The lowest BCUT2D eigenvalue weighted by atomic mass is 9.99. The fourth-order valence-corrected chi connectivity index (χ4v) is 5.51. The number of unbranched alkanes of at least 4 members (excludes halogenated alkanes) is 1. The van der Waals surface area contributed by atoms with E-state index in [2.05, 4.69) is 63.5 Å². The first-order valence-corrected chi connectivity index (χ1v) is 20.5. The van der Waals surface area contributed by atoms with Crippen LogP contribution in [0.15, 0.2) is 48.5 Å². The van der Waals surface area contributed by atoms with Crippen LogP contribution >= 0.6 is 0 Å². The third kappa shape index (κ3) is 22.7. The molecule has 0 spiro atoms. The van der Waals surface area contributed by atoms with E-state index >= 15 is 0 Å². The van der Waals surface area contributed by atoms with Crippen LogP contribution in [0.2, 0.25) is 0 Å². The molecule has 2 aromatic rings. The topological polar surface area (TPSA) is 313 Å². The number of primary amides is 2. The van der Waals surface area contributed by atoms with Crippen molar-refractivity contribution in [3.8, 4) is 11.1 Å². The maximum atomic E-state index is 13.6. The highest BCUT2D eigenvalue weighted by molar-refractivity contribution is 6.26. The summed E-state index contributed by atoms with van der Waals surface area (Å²) in [5.41, 5.74) is 13.0. The van der Waals surface area contributed by atoms with Crippen molar-refractivity contribution in [2.24, 2.45) is 17.4 Å². The maximum Gasteiger partial charge on any atom is 0.308 e. The summed E-state index contributed by atoms with van der Waals surface area (Å²) >= 11 is 0. The van der Waals surface area contributed by atoms with Gasteiger partial charge in [0.2, 0.25) is 41.9 Å². The maximum absolute atomic E-state index is 13.6. The molecule has 0 saturated heterocycles. The molecule has 0 bridgehead atoms. The van der Waals surface area contributed by atoms with Crippen LogP contribution in [0.25, 0.3) is 11.1 Å². The lowest BCUT2D eigenvalue weighted by Gasteiger charge is -2.29. The molecule has 0 aliphatic rings. The highest BCUT2D eigenvalue weighted by atomic mass is 16.3. The molecule has 8 amide bonds. The molecule has 20 heteroatoms. The predicted octanol–water partition coefficient (Wildman–Crippen LogP) is -0.547. The van der Waals surface area contributed by atoms with Crippen LogP contribution in [0.3, 0.4) is 0 Å². The number of hydrogen-bond acceptors (Lipinski definition) is 11. The number of aliphatic hydroxyl groups excluding tert-OH is 2. The number of nitrogens with one attached hydrogen (secondary N) is 5. The Bertz CT molecular complexity index is 1660. The zero-order valence-corrected chi connectivity index (χ0v) is 37.2. The summed E-state index contributed by atoms with van der Waals surface area (Å²) in [6.07, 6.45) is 1.84. The first-order valence-electron chi connectivity index (χ1n) is 20.5. The number of amides is 8. The fourth-order valence-electron chi connectivity index (χ4n) is 5.51. The van der Waals surface area contributed by atoms with Crippen LogP contribution in [0.4, 0.5) is 0 Å². The van der Waals surface area contributed by atoms with Crippen molar-refractivity contribution in [3.63, 3.8) is 0 Å². The van der Waals surface area contributed by atoms with Crippen molar-refractivity contribution in [1.82, 2.24) is 31.5 Å². The Morgan fingerprint density at radius 1 is 0.806 bits per heavy atom. The lowest BCUT2D eigenvalue weighted by Crippen LogP contribution is -2.57. The highest BCUT2D eigenvalue weighted by Gasteiger charge is 2.31. The molecule has 0 saturated carbocycles. The van der Waals surface area contributed by atoms with E-state index in [9.17, 15) is 38.7 Å². The van der Waals surface area contributed by atoms with Gasteiger partial charge in [0.15, 0.2) is 0 Å². The number of rotatable bonds is 23. The average Bonchev–Trinajstić information content (AvgIpc) is 3.26. The summed E-state index contributed by atoms with van der Waals surface area (Å²) in [5.74, 6) is -5.77. The van der Waals surface area contributed by atoms with Gasteiger partial charge in [0.1, 0.15) is 12.1 Å². The molecule has 0 fully saturated rings. The zero-order valence-electron chi connectivity index (χ0n) is 37.2. The minimum absolute atomic E-state index is 0.195. The summed E-state index contributed by atoms with van der Waals surface area (Å²) in [4.78, 5) is 98.5. The third-order valence-electron chi connectivity index (χ3n) is 8.82. The van der Waals surface area contributed by atoms with Crippen molar-refractivity contribution in [3.05, 3.63) is 59.7 Å². The number of hydrogen-bond donors (Lipinski definition) is 10. The molecule has 1 radical (unpaired) electrons. The Hall–Kier alpha value is -5.86. The van der Waals surface area contributed by atoms with Crippen LogP contribution < -0.4 is 38.1 Å². The molecule has 2 rings (SSSR count). The van der Waals surface area contributed by atoms with Gasteiger partial charge in [0, 0.05) is 31.7 Å². The standard InChI is InChI=1S/C38H55BN7O9.C2H6.CH3NO.CH4O/c1-6-8-9-26-10-12-27(13-11-26)28-14-16-29(17-15-28)35(51)43-24(4)23(3)38(54)46(18-7-2)21-33(50)45-34(25(5)47)37(53)41-20-32(49)44-30(19-31(40)48)36(52)42-22-39-55;1-2;2-1-3;1-2/h10-17,23-25,30,34,47,55H,6-9,18-22H2,1-5H3,(H2,40,48)(H,41,53)(H,42,52)(H,43,51)(H,44,49)(H,45,50);1-2H3;1H,(H2,2,3);2H,1H3. The minimum Gasteiger partial charge on any atom is -0.452 e. The normalized spacial score (nSPS) is 12.4. The molecule has 345 valence electrons. The third-order valence-corrected chi connectivity index (χ3v) is 8.82. The number of carbonyl (C=O) groups excluding carboxylic acids is 8. The van der Waals surface area contributed by atoms with E-state index in [0.29, 0.717) is 19.5 Å². The summed E-state index contributed by atoms with van der Waals surface area (Å²) in [6.45, 7) is 11.6. The molecule has 12 N–H and O–H groups in total. The molecule has 5 unspecified atom stereocenters. The number of aryl methyl sites for hydroxylation is 1. The van der Waals surface area contributed by atoms with Gasteiger partial charge in [0.05, 0.1) is 31.5 Å². The van der Waals surface area contributed by atoms with Crippen LogP contribution in [-0.4, -0.2) is 133 Å². The number of benzene rings is 2. The molecule has 2 aromatic carbocycles. The van der Waals surface area contributed by atoms with Gasteiger partial charge in [-0.2, -0.15) is 0 Å². The second-order valence-corrected chi connectivity index (χ2v) is 13.5. The lowest BCUT2D eigenvalue weighted by molar-refractivity contribution is -0.140. The van der Waals surface area contributed by atoms with Crippen LogP contribution in [0.1, 0.15) is 90.1 Å². The minimum atomic E-state index is -1.52. The molecular formula is C42H68BN8O11. The van der Waals surface area contributed by atoms with Gasteiger partial charge in [0.25, 0.3) is 5.91 Å². The Morgan fingerprint density at radius 2 is 1.35 bits per heavy atom. The van der Waals surface area contributed by atoms with E-state index in [1.807, 2.05) is 32.9 Å². The van der Waals surface area contributed by atoms with Gasteiger partial charge < -0.3 is 58.2 Å². The Balaban J connectivity index is 0. The van der Waals surface area contributed by atoms with Crippen molar-refractivity contribution in [2.75, 3.05) is 33.2 Å². The molecular weight excluding hydrogens is 803 g/mol. The monoisotopic (exact) mass is 872 g/mol. The Kier molecular flexibility index (Phi) is 31.8. The van der Waals surface area contributed by atoms with Crippen molar-refractivity contribution in [1.29, 1.82) is 0 Å². The van der Waals surface area contributed by atoms with E-state index in [1.165, 1.54) is 17.4 Å². The predicted molar refractivity (Wildman–Crippen MR) is 237 cm³/mol. The van der Waals surface area contributed by atoms with E-state index in [0.717, 1.165) is 37.5 Å². The fraction of sp³-hybridized carbons (Fsp3) is 0.524. The van der Waals surface area contributed by atoms with E-state index < -0.39 is 85.1 Å². The smallest absolute Gasteiger partial charge is 0.308 e. The first-order chi connectivity index (χ1) is 29.5. The second kappa shape index (κ2) is 33.8. The van der Waals surface area contributed by atoms with E-state index in [4.69, 9.17) is 20.7 Å². The summed E-state index contributed by atoms with van der Waals surface area (Å²) in [5, 5.41) is 38.1. The molecule has 19 nitrogen and oxygen atoms in total. The highest BCUT2D eigenvalue weighted by Crippen LogP contribution is 2.21. The van der Waals surface area contributed by atoms with Crippen molar-refractivity contribution < 1.29 is 53.6 Å². The van der Waals surface area contributed by atoms with Gasteiger partial charge in [-0.15, -0.1) is 0 Å². The van der Waals surface area contributed by atoms with Gasteiger partial charge in [-0.05, 0) is 61.9 Å². The number of aliphatic hydroxyl groups is 2. The van der Waals surface area contributed by atoms with Crippen molar-refractivity contribution >= 4 is 55.2 Å². The molecule has 0 aliphatic carbocycles. The first kappa shape index (κ1) is 58.2. The Labute approximate surface area is 365 Å². The quantitative estimate of drug-likeness (QED) is 0.0499. The summed E-state index contributed by atoms with van der Waals surface area (Å²) < 4.78 is 0. The van der Waals surface area contributed by atoms with Crippen LogP contribution in [0, 0.1) is 5.92 Å². The number of nitrogens with two attached hydrogens (primary N) is 2. The Morgan fingerprint density at radius 3 is 1.84 bits per heavy atom. The molecule has 0 aromatic heterocycles. The van der Waals surface area contributed by atoms with Gasteiger partial charge >= 0.3 is 7.48 Å².